The second kappa shape index (κ2) is 31.8. The Morgan fingerprint density at radius 1 is 0.509 bits per heavy atom. The smallest absolute Gasteiger partial charge is 0.332 e. The van der Waals surface area contributed by atoms with Crippen LogP contribution in [0, 0.1) is 0 Å². The summed E-state index contributed by atoms with van der Waals surface area (Å²) in [4.78, 5) is 85.0. The van der Waals surface area contributed by atoms with E-state index in [1.165, 1.54) is 62.7 Å². The summed E-state index contributed by atoms with van der Waals surface area (Å²) in [6.07, 6.45) is 13.9. The molecule has 0 fully saturated rings. The molecule has 0 radical (unpaired) electrons. The fraction of sp³-hybridized carbons (Fsp3) is 0.800. The van der Waals surface area contributed by atoms with E-state index in [2.05, 4.69) is 6.92 Å². The number of unbranched alkanes of at least 4 members (excludes halogenated alkanes) is 11. The van der Waals surface area contributed by atoms with Gasteiger partial charge in [-0.25, -0.2) is 4.79 Å². The van der Waals surface area contributed by atoms with E-state index in [0.717, 1.165) is 29.1 Å². The van der Waals surface area contributed by atoms with Crippen LogP contribution < -0.4 is 0 Å². The molecule has 18 nitrogen and oxygen atoms in total. The molecule has 0 bridgehead atoms. The van der Waals surface area contributed by atoms with Crippen LogP contribution in [-0.4, -0.2) is 173 Å². The zero-order chi connectivity index (χ0) is 39.9. The molecule has 0 aliphatic carbocycles. The van der Waals surface area contributed by atoms with Crippen molar-refractivity contribution in [2.75, 3.05) is 85.4 Å². The molecule has 18 heteroatoms. The van der Waals surface area contributed by atoms with Crippen molar-refractivity contribution >= 4 is 41.6 Å². The lowest BCUT2D eigenvalue weighted by molar-refractivity contribution is -0.150. The molecule has 5 N–H and O–H groups in total. The third-order valence-corrected chi connectivity index (χ3v) is 8.05. The van der Waals surface area contributed by atoms with Gasteiger partial charge in [0.05, 0.1) is 52.5 Å². The van der Waals surface area contributed by atoms with Crippen LogP contribution in [0.25, 0.3) is 0 Å². The maximum Gasteiger partial charge on any atom is 0.332 e. The summed E-state index contributed by atoms with van der Waals surface area (Å²) in [6.45, 7) is -2.63. The number of hydrogen-bond donors (Lipinski definition) is 5. The largest absolute Gasteiger partial charge is 0.480 e. The van der Waals surface area contributed by atoms with Gasteiger partial charge in [-0.05, 0) is 6.42 Å². The molecule has 0 heterocycles. The molecule has 1 unspecified atom stereocenters. The summed E-state index contributed by atoms with van der Waals surface area (Å²) < 4.78 is 15.7. The molecule has 306 valence electrons. The van der Waals surface area contributed by atoms with Gasteiger partial charge in [-0.15, -0.1) is 0 Å². The fourth-order valence-corrected chi connectivity index (χ4v) is 5.53. The maximum atomic E-state index is 12.9. The number of carboxylic acid groups (broad SMARTS) is 5. The highest BCUT2D eigenvalue weighted by molar-refractivity contribution is 5.80. The van der Waals surface area contributed by atoms with E-state index < -0.39 is 93.4 Å². The van der Waals surface area contributed by atoms with Crippen LogP contribution in [0.2, 0.25) is 0 Å². The third-order valence-electron chi connectivity index (χ3n) is 8.05. The molecule has 1 atom stereocenters. The molecular weight excluding hydrogens is 702 g/mol. The quantitative estimate of drug-likeness (QED) is 0.0444. The van der Waals surface area contributed by atoms with Crippen molar-refractivity contribution in [2.45, 2.75) is 96.4 Å². The van der Waals surface area contributed by atoms with Crippen molar-refractivity contribution in [3.63, 3.8) is 0 Å². The summed E-state index contributed by atoms with van der Waals surface area (Å²) in [7, 11) is 0. The van der Waals surface area contributed by atoms with Crippen molar-refractivity contribution in [1.29, 1.82) is 0 Å². The molecule has 0 aliphatic heterocycles. The van der Waals surface area contributed by atoms with E-state index in [4.69, 9.17) is 24.4 Å². The normalized spacial score (nSPS) is 11.9. The van der Waals surface area contributed by atoms with Gasteiger partial charge >= 0.3 is 35.8 Å². The highest BCUT2D eigenvalue weighted by atomic mass is 16.6. The monoisotopic (exact) mass is 763 g/mol. The molecule has 0 rings (SSSR count). The minimum Gasteiger partial charge on any atom is -0.480 e. The topological polar surface area (TPSA) is 258 Å². The number of esters is 1. The summed E-state index contributed by atoms with van der Waals surface area (Å²) in [5.74, 6) is -7.84. The molecule has 0 saturated carbocycles. The molecule has 0 aliphatic rings. The van der Waals surface area contributed by atoms with Gasteiger partial charge in [0, 0.05) is 32.1 Å². The molecule has 0 aromatic carbocycles. The standard InChI is InChI=1S/C35H61N3O15/c1-2-3-4-5-6-7-8-9-10-11-12-13-16-53-35(50)27-52-18-17-51-26-29(39)19-28(38(24-33(46)47)25-34(48)49)20-36(21-30(40)41)14-15-37(22-31(42)43)23-32(44)45/h28H,2-27H2,1H3,(H,40,41)(H,42,43)(H,44,45)(H,46,47)(H,48,49). The van der Waals surface area contributed by atoms with Crippen LogP contribution in [-0.2, 0) is 47.8 Å². The summed E-state index contributed by atoms with van der Waals surface area (Å²) in [5, 5.41) is 46.4. The van der Waals surface area contributed by atoms with Gasteiger partial charge in [0.25, 0.3) is 0 Å². The Bertz CT molecular complexity index is 1060. The predicted octanol–water partition coefficient (Wildman–Crippen LogP) is 1.92. The van der Waals surface area contributed by atoms with Crippen molar-refractivity contribution in [2.24, 2.45) is 0 Å². The highest BCUT2D eigenvalue weighted by Gasteiger charge is 2.29. The average molecular weight is 764 g/mol. The molecule has 0 saturated heterocycles. The first kappa shape index (κ1) is 49.3. The van der Waals surface area contributed by atoms with Crippen LogP contribution in [0.5, 0.6) is 0 Å². The lowest BCUT2D eigenvalue weighted by Gasteiger charge is -2.34. The van der Waals surface area contributed by atoms with Crippen molar-refractivity contribution in [3.05, 3.63) is 0 Å². The Kier molecular flexibility index (Phi) is 29.6. The predicted molar refractivity (Wildman–Crippen MR) is 190 cm³/mol. The Balaban J connectivity index is 4.77. The van der Waals surface area contributed by atoms with Crippen LogP contribution >= 0.6 is 0 Å². The van der Waals surface area contributed by atoms with Crippen LogP contribution in [0.3, 0.4) is 0 Å². The molecule has 53 heavy (non-hydrogen) atoms. The van der Waals surface area contributed by atoms with Crippen LogP contribution in [0.15, 0.2) is 0 Å². The summed E-state index contributed by atoms with van der Waals surface area (Å²) in [5.41, 5.74) is 0. The molecule has 0 spiro atoms. The number of carbonyl (C=O) groups excluding carboxylic acids is 2. The van der Waals surface area contributed by atoms with E-state index in [-0.39, 0.29) is 39.5 Å². The molecule has 0 aromatic heterocycles. The number of carboxylic acids is 5. The van der Waals surface area contributed by atoms with Gasteiger partial charge in [0.2, 0.25) is 0 Å². The zero-order valence-corrected chi connectivity index (χ0v) is 31.1. The van der Waals surface area contributed by atoms with Crippen molar-refractivity contribution in [3.8, 4) is 0 Å². The summed E-state index contributed by atoms with van der Waals surface area (Å²) >= 11 is 0. The highest BCUT2D eigenvalue weighted by Crippen LogP contribution is 2.12. The Hall–Kier alpha value is -3.71. The van der Waals surface area contributed by atoms with Gasteiger partial charge in [-0.3, -0.25) is 43.5 Å². The first-order valence-electron chi connectivity index (χ1n) is 18.3. The molecular formula is C35H61N3O15. The summed E-state index contributed by atoms with van der Waals surface area (Å²) in [6, 6.07) is -1.12. The first-order chi connectivity index (χ1) is 25.2. The lowest BCUT2D eigenvalue weighted by Crippen LogP contribution is -2.51. The number of ketones is 1. The number of aliphatic carboxylic acids is 5. The van der Waals surface area contributed by atoms with Crippen molar-refractivity contribution < 1.29 is 73.3 Å². The molecule has 0 aromatic rings. The third kappa shape index (κ3) is 31.5. The first-order valence-corrected chi connectivity index (χ1v) is 18.3. The van der Waals surface area contributed by atoms with Crippen LogP contribution in [0.1, 0.15) is 90.4 Å². The number of carbonyl (C=O) groups is 7. The van der Waals surface area contributed by atoms with Gasteiger partial charge in [-0.1, -0.05) is 77.6 Å². The Labute approximate surface area is 311 Å². The second-order valence-electron chi connectivity index (χ2n) is 12.9. The fourth-order valence-electron chi connectivity index (χ4n) is 5.53. The zero-order valence-electron chi connectivity index (χ0n) is 31.1. The number of nitrogens with zero attached hydrogens (tertiary/aromatic N) is 3. The van der Waals surface area contributed by atoms with Gasteiger partial charge in [0.15, 0.2) is 5.78 Å². The Morgan fingerprint density at radius 2 is 0.925 bits per heavy atom. The number of Topliss-reactive ketones (excluding diaryl/α,β-unsaturated/α-hetero) is 1. The van der Waals surface area contributed by atoms with E-state index in [1.807, 2.05) is 0 Å². The lowest BCUT2D eigenvalue weighted by atomic mass is 10.1. The SMILES string of the molecule is CCCCCCCCCCCCCCOC(=O)COCCOCC(=O)CC(CN(CCN(CC(=O)O)CC(=O)O)CC(=O)O)N(CC(=O)O)CC(=O)O. The number of ether oxygens (including phenoxy) is 3. The average Bonchev–Trinajstić information content (AvgIpc) is 3.05. The number of hydrogen-bond acceptors (Lipinski definition) is 13. The van der Waals surface area contributed by atoms with E-state index in [9.17, 15) is 48.9 Å². The second-order valence-corrected chi connectivity index (χ2v) is 12.9. The maximum absolute atomic E-state index is 12.9. The van der Waals surface area contributed by atoms with E-state index >= 15 is 0 Å². The van der Waals surface area contributed by atoms with E-state index in [0.29, 0.717) is 6.61 Å². The number of rotatable bonds is 38. The van der Waals surface area contributed by atoms with Crippen LogP contribution in [0.4, 0.5) is 0 Å². The minimum atomic E-state index is -1.40. The van der Waals surface area contributed by atoms with Crippen molar-refractivity contribution in [1.82, 2.24) is 14.7 Å². The molecule has 0 amide bonds. The van der Waals surface area contributed by atoms with Gasteiger partial charge in [-0.2, -0.15) is 0 Å². The van der Waals surface area contributed by atoms with Gasteiger partial charge in [0.1, 0.15) is 13.2 Å². The minimum absolute atomic E-state index is 0.0376. The van der Waals surface area contributed by atoms with Gasteiger partial charge < -0.3 is 39.7 Å². The Morgan fingerprint density at radius 3 is 1.40 bits per heavy atom. The van der Waals surface area contributed by atoms with E-state index in [1.54, 1.807) is 0 Å².